The minimum Gasteiger partial charge on any atom is -0.354 e. The number of anilines is 1. The van der Waals surface area contributed by atoms with E-state index in [1.807, 2.05) is 6.07 Å². The van der Waals surface area contributed by atoms with Gasteiger partial charge in [-0.15, -0.1) is 0 Å². The Morgan fingerprint density at radius 1 is 1.56 bits per heavy atom. The Morgan fingerprint density at radius 3 is 3.00 bits per heavy atom. The maximum absolute atomic E-state index is 11.4. The third kappa shape index (κ3) is 2.55. The second-order valence-electron chi connectivity index (χ2n) is 4.33. The van der Waals surface area contributed by atoms with E-state index in [0.717, 1.165) is 24.1 Å². The molecule has 0 atom stereocenters. The van der Waals surface area contributed by atoms with E-state index < -0.39 is 0 Å². The van der Waals surface area contributed by atoms with Gasteiger partial charge in [0.2, 0.25) is 0 Å². The number of hydrogen-bond donors (Lipinski definition) is 1. The molecule has 0 saturated heterocycles. The van der Waals surface area contributed by atoms with Crippen molar-refractivity contribution < 1.29 is 0 Å². The van der Waals surface area contributed by atoms with Gasteiger partial charge in [-0.25, -0.2) is 19.3 Å². The Balaban J connectivity index is 2.35. The van der Waals surface area contributed by atoms with Crippen molar-refractivity contribution in [3.05, 3.63) is 22.9 Å². The SMILES string of the molecule is CC(C)N(CCCBr)c1cc2n[nH]c(=O)n2cn1. The minimum absolute atomic E-state index is 0.263. The molecule has 0 aliphatic rings. The van der Waals surface area contributed by atoms with Crippen LogP contribution in [-0.2, 0) is 0 Å². The Morgan fingerprint density at radius 2 is 2.33 bits per heavy atom. The molecule has 98 valence electrons. The van der Waals surface area contributed by atoms with E-state index in [1.165, 1.54) is 10.7 Å². The molecule has 0 spiro atoms. The van der Waals surface area contributed by atoms with Crippen molar-refractivity contribution in [3.8, 4) is 0 Å². The molecule has 0 bridgehead atoms. The Labute approximate surface area is 113 Å². The van der Waals surface area contributed by atoms with Gasteiger partial charge in [0.1, 0.15) is 12.1 Å². The first-order chi connectivity index (χ1) is 8.63. The highest BCUT2D eigenvalue weighted by Crippen LogP contribution is 2.15. The van der Waals surface area contributed by atoms with Crippen LogP contribution in [0.2, 0.25) is 0 Å². The fourth-order valence-corrected chi connectivity index (χ4v) is 2.08. The topological polar surface area (TPSA) is 66.3 Å². The quantitative estimate of drug-likeness (QED) is 0.848. The predicted octanol–water partition coefficient (Wildman–Crippen LogP) is 1.42. The zero-order valence-corrected chi connectivity index (χ0v) is 12.0. The van der Waals surface area contributed by atoms with Crippen molar-refractivity contribution in [3.63, 3.8) is 0 Å². The standard InChI is InChI=1S/C11H16BrN5O/c1-8(2)16(5-3-4-12)9-6-10-14-15-11(18)17(10)7-13-9/h6-8H,3-5H2,1-2H3,(H,15,18). The van der Waals surface area contributed by atoms with Crippen LogP contribution in [0.1, 0.15) is 20.3 Å². The van der Waals surface area contributed by atoms with Gasteiger partial charge in [-0.2, -0.15) is 5.10 Å². The smallest absolute Gasteiger partial charge is 0.348 e. The largest absolute Gasteiger partial charge is 0.354 e. The molecule has 1 N–H and O–H groups in total. The molecule has 0 aliphatic carbocycles. The third-order valence-electron chi connectivity index (χ3n) is 2.75. The molecular formula is C11H16BrN5O. The van der Waals surface area contributed by atoms with Gasteiger partial charge in [0, 0.05) is 24.0 Å². The van der Waals surface area contributed by atoms with Gasteiger partial charge in [-0.1, -0.05) is 15.9 Å². The molecular weight excluding hydrogens is 298 g/mol. The lowest BCUT2D eigenvalue weighted by atomic mass is 10.3. The molecule has 7 heteroatoms. The molecule has 2 heterocycles. The average Bonchev–Trinajstić information content (AvgIpc) is 2.71. The number of aromatic nitrogens is 4. The van der Waals surface area contributed by atoms with Crippen LogP contribution in [0.25, 0.3) is 5.65 Å². The summed E-state index contributed by atoms with van der Waals surface area (Å²) < 4.78 is 1.40. The summed E-state index contributed by atoms with van der Waals surface area (Å²) in [6.45, 7) is 5.16. The van der Waals surface area contributed by atoms with Crippen LogP contribution in [0.15, 0.2) is 17.2 Å². The maximum atomic E-state index is 11.4. The predicted molar refractivity (Wildman–Crippen MR) is 74.5 cm³/mol. The number of nitrogens with one attached hydrogen (secondary N) is 1. The zero-order valence-electron chi connectivity index (χ0n) is 10.4. The lowest BCUT2D eigenvalue weighted by Crippen LogP contribution is -2.32. The van der Waals surface area contributed by atoms with Gasteiger partial charge >= 0.3 is 5.69 Å². The van der Waals surface area contributed by atoms with Crippen LogP contribution in [-0.4, -0.2) is 37.5 Å². The molecule has 0 radical (unpaired) electrons. The molecule has 2 aromatic rings. The fraction of sp³-hybridized carbons (Fsp3) is 0.545. The Kier molecular flexibility index (Phi) is 4.00. The molecule has 2 rings (SSSR count). The van der Waals surface area contributed by atoms with Crippen molar-refractivity contribution in [1.82, 2.24) is 19.6 Å². The van der Waals surface area contributed by atoms with Crippen molar-refractivity contribution in [2.24, 2.45) is 0 Å². The number of nitrogens with zero attached hydrogens (tertiary/aromatic N) is 4. The lowest BCUT2D eigenvalue weighted by Gasteiger charge is -2.27. The number of halogens is 1. The van der Waals surface area contributed by atoms with Gasteiger partial charge in [0.05, 0.1) is 0 Å². The van der Waals surface area contributed by atoms with Crippen LogP contribution in [0.5, 0.6) is 0 Å². The van der Waals surface area contributed by atoms with Crippen molar-refractivity contribution in [2.45, 2.75) is 26.3 Å². The zero-order chi connectivity index (χ0) is 13.1. The number of H-pyrrole nitrogens is 1. The molecule has 0 aromatic carbocycles. The molecule has 0 aliphatic heterocycles. The van der Waals surface area contributed by atoms with E-state index in [1.54, 1.807) is 0 Å². The molecule has 0 amide bonds. The molecule has 18 heavy (non-hydrogen) atoms. The van der Waals surface area contributed by atoms with Gasteiger partial charge in [0.25, 0.3) is 0 Å². The molecule has 0 saturated carbocycles. The van der Waals surface area contributed by atoms with Gasteiger partial charge in [-0.05, 0) is 20.3 Å². The van der Waals surface area contributed by atoms with Crippen LogP contribution >= 0.6 is 15.9 Å². The summed E-state index contributed by atoms with van der Waals surface area (Å²) >= 11 is 3.43. The highest BCUT2D eigenvalue weighted by atomic mass is 79.9. The normalized spacial score (nSPS) is 11.3. The first-order valence-electron chi connectivity index (χ1n) is 5.89. The lowest BCUT2D eigenvalue weighted by molar-refractivity contribution is 0.664. The summed E-state index contributed by atoms with van der Waals surface area (Å²) in [5.74, 6) is 0.845. The highest BCUT2D eigenvalue weighted by Gasteiger charge is 2.13. The van der Waals surface area contributed by atoms with Crippen LogP contribution in [0, 0.1) is 0 Å². The Hall–Kier alpha value is -1.37. The van der Waals surface area contributed by atoms with E-state index >= 15 is 0 Å². The van der Waals surface area contributed by atoms with Crippen molar-refractivity contribution in [2.75, 3.05) is 16.8 Å². The number of alkyl halides is 1. The average molecular weight is 314 g/mol. The first-order valence-corrected chi connectivity index (χ1v) is 7.01. The summed E-state index contributed by atoms with van der Waals surface area (Å²) in [6, 6.07) is 2.18. The van der Waals surface area contributed by atoms with Crippen LogP contribution in [0.3, 0.4) is 0 Å². The number of fused-ring (bicyclic) bond motifs is 1. The molecule has 2 aromatic heterocycles. The van der Waals surface area contributed by atoms with Gasteiger partial charge in [-0.3, -0.25) is 0 Å². The van der Waals surface area contributed by atoms with E-state index in [9.17, 15) is 4.79 Å². The molecule has 0 fully saturated rings. The summed E-state index contributed by atoms with van der Waals surface area (Å²) in [7, 11) is 0. The molecule has 0 unspecified atom stereocenters. The minimum atomic E-state index is -0.263. The van der Waals surface area contributed by atoms with E-state index in [-0.39, 0.29) is 5.69 Å². The fourth-order valence-electron chi connectivity index (χ4n) is 1.82. The summed E-state index contributed by atoms with van der Waals surface area (Å²) in [4.78, 5) is 17.9. The first kappa shape index (κ1) is 13.1. The van der Waals surface area contributed by atoms with Crippen molar-refractivity contribution in [1.29, 1.82) is 0 Å². The second kappa shape index (κ2) is 5.51. The number of rotatable bonds is 5. The summed E-state index contributed by atoms with van der Waals surface area (Å²) in [6.07, 6.45) is 2.55. The highest BCUT2D eigenvalue weighted by molar-refractivity contribution is 9.09. The van der Waals surface area contributed by atoms with E-state index in [4.69, 9.17) is 0 Å². The molecule has 6 nitrogen and oxygen atoms in total. The van der Waals surface area contributed by atoms with Gasteiger partial charge in [0.15, 0.2) is 5.65 Å². The van der Waals surface area contributed by atoms with Gasteiger partial charge < -0.3 is 4.90 Å². The third-order valence-corrected chi connectivity index (χ3v) is 3.31. The maximum Gasteiger partial charge on any atom is 0.348 e. The number of aromatic amines is 1. The van der Waals surface area contributed by atoms with E-state index in [2.05, 4.69) is 49.9 Å². The summed E-state index contributed by atoms with van der Waals surface area (Å²) in [5, 5.41) is 7.32. The van der Waals surface area contributed by atoms with Crippen LogP contribution in [0.4, 0.5) is 5.82 Å². The van der Waals surface area contributed by atoms with Crippen molar-refractivity contribution >= 4 is 27.4 Å². The number of hydrogen-bond acceptors (Lipinski definition) is 4. The monoisotopic (exact) mass is 313 g/mol. The van der Waals surface area contributed by atoms with E-state index in [0.29, 0.717) is 11.7 Å². The Bertz CT molecular complexity index is 576. The van der Waals surface area contributed by atoms with Crippen LogP contribution < -0.4 is 10.6 Å². The summed E-state index contributed by atoms with van der Waals surface area (Å²) in [5.41, 5.74) is 0.329. The second-order valence-corrected chi connectivity index (χ2v) is 5.13.